The first kappa shape index (κ1) is 31.6. The molecule has 4 aliphatic rings. The third kappa shape index (κ3) is 5.80. The molecule has 7 heteroatoms. The van der Waals surface area contributed by atoms with Gasteiger partial charge in [-0.15, -0.1) is 0 Å². The van der Waals surface area contributed by atoms with Crippen LogP contribution in [0, 0.1) is 64.1 Å². The molecule has 0 bridgehead atoms. The highest BCUT2D eigenvalue weighted by molar-refractivity contribution is 5.80. The first-order chi connectivity index (χ1) is 19.0. The van der Waals surface area contributed by atoms with E-state index in [0.717, 1.165) is 18.3 Å². The lowest BCUT2D eigenvalue weighted by atomic mass is 9.39. The Morgan fingerprint density at radius 2 is 1.85 bits per heavy atom. The van der Waals surface area contributed by atoms with E-state index in [1.54, 1.807) is 14.0 Å². The van der Waals surface area contributed by atoms with Crippen molar-refractivity contribution in [1.29, 1.82) is 0 Å². The molecular weight excluding hydrogens is 504 g/mol. The number of hydrogen-bond acceptors (Lipinski definition) is 6. The fourth-order valence-corrected chi connectivity index (χ4v) is 11.1. The van der Waals surface area contributed by atoms with E-state index in [2.05, 4.69) is 46.7 Å². The van der Waals surface area contributed by atoms with Crippen LogP contribution in [0.2, 0.25) is 0 Å². The van der Waals surface area contributed by atoms with E-state index in [0.29, 0.717) is 65.9 Å². The normalized spacial score (nSPS) is 43.8. The lowest BCUT2D eigenvalue weighted by molar-refractivity contribution is -0.244. The SMILES string of the molecule is CCOC(=O)ON=C(N)CC[C@@H](C)[C@H]1CCC2C3C(OCOC)[C@H](CC)[C@@H]4C[C@H](C)CC[C@]4(C)C3C(C)C[C@@]21C. The molecule has 7 nitrogen and oxygen atoms in total. The standard InChI is InChI=1S/C33H58N2O5/c1-9-23-26-17-20(3)15-16-32(26,6)29-22(5)18-33(7)24(12-13-25(33)28(29)30(23)39-19-37-8)21(4)11-14-27(34)35-40-31(36)38-10-2/h20-26,28-30H,9-19H2,1-8H3,(H2,34,35)/t20-,21-,22?,23-,24-,25?,26+,28?,29?,30?,32+,33-/m1/s1. The smallest absolute Gasteiger partial charge is 0.433 e. The Morgan fingerprint density at radius 3 is 2.52 bits per heavy atom. The number of carbonyl (C=O) groups excluding carboxylic acids is 1. The van der Waals surface area contributed by atoms with Crippen LogP contribution < -0.4 is 5.73 Å². The van der Waals surface area contributed by atoms with Crippen LogP contribution in [-0.4, -0.2) is 38.6 Å². The van der Waals surface area contributed by atoms with Crippen LogP contribution >= 0.6 is 0 Å². The van der Waals surface area contributed by atoms with Crippen LogP contribution in [-0.2, 0) is 19.0 Å². The number of carbonyl (C=O) groups is 1. The monoisotopic (exact) mass is 562 g/mol. The Bertz CT molecular complexity index is 896. The number of nitrogens with two attached hydrogens (primary N) is 1. The van der Waals surface area contributed by atoms with E-state index in [1.165, 1.54) is 44.9 Å². The van der Waals surface area contributed by atoms with Crippen LogP contribution in [0.3, 0.4) is 0 Å². The number of rotatable bonds is 10. The fourth-order valence-electron chi connectivity index (χ4n) is 11.1. The van der Waals surface area contributed by atoms with Crippen LogP contribution in [0.15, 0.2) is 5.16 Å². The average Bonchev–Trinajstić information content (AvgIpc) is 3.26. The van der Waals surface area contributed by atoms with E-state index < -0.39 is 6.16 Å². The minimum Gasteiger partial charge on any atom is -0.433 e. The molecule has 0 amide bonds. The van der Waals surface area contributed by atoms with E-state index in [4.69, 9.17) is 24.8 Å². The molecule has 4 fully saturated rings. The van der Waals surface area contributed by atoms with Crippen LogP contribution in [0.5, 0.6) is 0 Å². The van der Waals surface area contributed by atoms with Gasteiger partial charge in [-0.2, -0.15) is 0 Å². The highest BCUT2D eigenvalue weighted by atomic mass is 16.8. The van der Waals surface area contributed by atoms with Gasteiger partial charge < -0.3 is 19.9 Å². The zero-order valence-electron chi connectivity index (χ0n) is 26.6. The van der Waals surface area contributed by atoms with Gasteiger partial charge in [-0.05, 0) is 110 Å². The molecule has 0 aromatic rings. The first-order valence-corrected chi connectivity index (χ1v) is 16.3. The third-order valence-corrected chi connectivity index (χ3v) is 12.4. The van der Waals surface area contributed by atoms with Gasteiger partial charge in [-0.3, -0.25) is 4.84 Å². The molecule has 0 aliphatic heterocycles. The molecule has 0 heterocycles. The summed E-state index contributed by atoms with van der Waals surface area (Å²) >= 11 is 0. The minimum absolute atomic E-state index is 0.252. The van der Waals surface area contributed by atoms with Crippen LogP contribution in [0.1, 0.15) is 106 Å². The summed E-state index contributed by atoms with van der Waals surface area (Å²) in [5.74, 6) is 6.31. The lowest BCUT2D eigenvalue weighted by Crippen LogP contribution is -2.64. The second kappa shape index (κ2) is 12.9. The molecule has 0 spiro atoms. The molecule has 12 atom stereocenters. The third-order valence-electron chi connectivity index (χ3n) is 12.4. The van der Waals surface area contributed by atoms with Crippen molar-refractivity contribution in [3.8, 4) is 0 Å². The minimum atomic E-state index is -0.804. The van der Waals surface area contributed by atoms with Crippen molar-refractivity contribution >= 4 is 12.0 Å². The van der Waals surface area contributed by atoms with Crippen molar-refractivity contribution in [2.75, 3.05) is 20.5 Å². The molecule has 4 saturated carbocycles. The quantitative estimate of drug-likeness (QED) is 0.0735. The predicted molar refractivity (Wildman–Crippen MR) is 158 cm³/mol. The van der Waals surface area contributed by atoms with Gasteiger partial charge in [0.15, 0.2) is 0 Å². The van der Waals surface area contributed by atoms with Gasteiger partial charge in [0.05, 0.1) is 12.7 Å². The maximum Gasteiger partial charge on any atom is 0.535 e. The van der Waals surface area contributed by atoms with Crippen LogP contribution in [0.4, 0.5) is 4.79 Å². The molecular formula is C33H58N2O5. The van der Waals surface area contributed by atoms with E-state index in [9.17, 15) is 4.79 Å². The summed E-state index contributed by atoms with van der Waals surface area (Å²) in [6.07, 6.45) is 10.2. The summed E-state index contributed by atoms with van der Waals surface area (Å²) in [4.78, 5) is 16.3. The van der Waals surface area contributed by atoms with Crippen molar-refractivity contribution in [1.82, 2.24) is 0 Å². The maximum atomic E-state index is 11.5. The zero-order chi connectivity index (χ0) is 29.2. The van der Waals surface area contributed by atoms with E-state index >= 15 is 0 Å². The fraction of sp³-hybridized carbons (Fsp3) is 0.939. The molecule has 4 aliphatic carbocycles. The highest BCUT2D eigenvalue weighted by Gasteiger charge is 2.66. The zero-order valence-corrected chi connectivity index (χ0v) is 26.6. The van der Waals surface area contributed by atoms with E-state index in [-0.39, 0.29) is 18.1 Å². The highest BCUT2D eigenvalue weighted by Crippen LogP contribution is 2.71. The predicted octanol–water partition coefficient (Wildman–Crippen LogP) is 7.62. The summed E-state index contributed by atoms with van der Waals surface area (Å²) in [7, 11) is 1.77. The van der Waals surface area contributed by atoms with Gasteiger partial charge in [-0.1, -0.05) is 59.5 Å². The number of hydrogen-bond donors (Lipinski definition) is 1. The van der Waals surface area contributed by atoms with Gasteiger partial charge in [0.2, 0.25) is 0 Å². The summed E-state index contributed by atoms with van der Waals surface area (Å²) in [6, 6.07) is 0. The van der Waals surface area contributed by atoms with Crippen molar-refractivity contribution in [2.24, 2.45) is 75.0 Å². The van der Waals surface area contributed by atoms with Gasteiger partial charge in [0.25, 0.3) is 0 Å². The molecule has 230 valence electrons. The van der Waals surface area contributed by atoms with Gasteiger partial charge in [-0.25, -0.2) is 4.79 Å². The molecule has 0 aromatic heterocycles. The molecule has 2 N–H and O–H groups in total. The number of amidine groups is 1. The average molecular weight is 563 g/mol. The molecule has 40 heavy (non-hydrogen) atoms. The summed E-state index contributed by atoms with van der Waals surface area (Å²) in [5.41, 5.74) is 6.80. The number of ether oxygens (including phenoxy) is 3. The number of fused-ring (bicyclic) bond motifs is 5. The molecule has 5 unspecified atom stereocenters. The number of nitrogens with zero attached hydrogens (tertiary/aromatic N) is 1. The van der Waals surface area contributed by atoms with Crippen molar-refractivity contribution in [2.45, 2.75) is 112 Å². The number of methoxy groups -OCH3 is 1. The van der Waals surface area contributed by atoms with Gasteiger partial charge in [0.1, 0.15) is 12.6 Å². The topological polar surface area (TPSA) is 92.4 Å². The van der Waals surface area contributed by atoms with Crippen LogP contribution in [0.25, 0.3) is 0 Å². The Labute approximate surface area is 243 Å². The first-order valence-electron chi connectivity index (χ1n) is 16.3. The summed E-state index contributed by atoms with van der Waals surface area (Å²) < 4.78 is 17.1. The lowest BCUT2D eigenvalue weighted by Gasteiger charge is -2.67. The van der Waals surface area contributed by atoms with Crippen molar-refractivity contribution in [3.63, 3.8) is 0 Å². The molecule has 4 rings (SSSR count). The maximum absolute atomic E-state index is 11.5. The Morgan fingerprint density at radius 1 is 1.10 bits per heavy atom. The van der Waals surface area contributed by atoms with Crippen molar-refractivity contribution in [3.05, 3.63) is 0 Å². The second-order valence-corrected chi connectivity index (χ2v) is 14.6. The Hall–Kier alpha value is -1.34. The van der Waals surface area contributed by atoms with Gasteiger partial charge in [0, 0.05) is 13.5 Å². The Balaban J connectivity index is 1.57. The summed E-state index contributed by atoms with van der Waals surface area (Å²) in [6.45, 7) is 17.5. The molecule has 0 aromatic carbocycles. The molecule has 0 radical (unpaired) electrons. The second-order valence-electron chi connectivity index (χ2n) is 14.6. The Kier molecular flexibility index (Phi) is 10.2. The summed E-state index contributed by atoms with van der Waals surface area (Å²) in [5, 5.41) is 3.81. The van der Waals surface area contributed by atoms with Crippen molar-refractivity contribution < 1.29 is 23.8 Å². The molecule has 0 saturated heterocycles. The largest absolute Gasteiger partial charge is 0.535 e. The van der Waals surface area contributed by atoms with E-state index in [1.807, 2.05) is 0 Å². The number of oxime groups is 1. The van der Waals surface area contributed by atoms with Gasteiger partial charge >= 0.3 is 6.16 Å².